The van der Waals surface area contributed by atoms with Gasteiger partial charge < -0.3 is 15.0 Å². The number of hydrogen-bond donors (Lipinski definition) is 1. The zero-order chi connectivity index (χ0) is 21.7. The molecule has 0 bridgehead atoms. The quantitative estimate of drug-likeness (QED) is 0.544. The van der Waals surface area contributed by atoms with Gasteiger partial charge in [-0.2, -0.15) is 0 Å². The highest BCUT2D eigenvalue weighted by Gasteiger charge is 2.25. The molecule has 2 amide bonds. The molecular formula is C23H26BrClN2O3. The van der Waals surface area contributed by atoms with E-state index < -0.39 is 6.10 Å². The lowest BCUT2D eigenvalue weighted by Crippen LogP contribution is -2.39. The van der Waals surface area contributed by atoms with Gasteiger partial charge in [0.15, 0.2) is 6.10 Å². The fourth-order valence-electron chi connectivity index (χ4n) is 3.65. The van der Waals surface area contributed by atoms with Crippen molar-refractivity contribution >= 4 is 45.0 Å². The first-order valence-electron chi connectivity index (χ1n) is 10.2. The molecule has 1 aliphatic carbocycles. The van der Waals surface area contributed by atoms with Gasteiger partial charge in [-0.05, 0) is 66.0 Å². The van der Waals surface area contributed by atoms with Crippen molar-refractivity contribution < 1.29 is 14.3 Å². The summed E-state index contributed by atoms with van der Waals surface area (Å²) >= 11 is 9.34. The second-order valence-corrected chi connectivity index (χ2v) is 8.87. The third-order valence-electron chi connectivity index (χ3n) is 5.43. The van der Waals surface area contributed by atoms with Crippen molar-refractivity contribution in [3.63, 3.8) is 0 Å². The highest BCUT2D eigenvalue weighted by molar-refractivity contribution is 9.10. The fourth-order valence-corrected chi connectivity index (χ4v) is 4.43. The average molecular weight is 494 g/mol. The second kappa shape index (κ2) is 10.3. The molecule has 0 aromatic heterocycles. The van der Waals surface area contributed by atoms with Gasteiger partial charge in [0.25, 0.3) is 11.8 Å². The molecule has 0 saturated heterocycles. The smallest absolute Gasteiger partial charge is 0.265 e. The lowest BCUT2D eigenvalue weighted by atomic mass is 9.94. The third-order valence-corrected chi connectivity index (χ3v) is 6.28. The maximum Gasteiger partial charge on any atom is 0.265 e. The monoisotopic (exact) mass is 492 g/mol. The number of rotatable bonds is 6. The number of hydrogen-bond acceptors (Lipinski definition) is 3. The van der Waals surface area contributed by atoms with Crippen molar-refractivity contribution in [3.8, 4) is 5.75 Å². The van der Waals surface area contributed by atoms with Crippen molar-refractivity contribution in [2.75, 3.05) is 12.4 Å². The van der Waals surface area contributed by atoms with Gasteiger partial charge in [0.2, 0.25) is 0 Å². The zero-order valence-corrected chi connectivity index (χ0v) is 19.5. The summed E-state index contributed by atoms with van der Waals surface area (Å²) in [6.07, 6.45) is 4.81. The molecule has 0 heterocycles. The predicted molar refractivity (Wildman–Crippen MR) is 123 cm³/mol. The van der Waals surface area contributed by atoms with E-state index in [9.17, 15) is 9.59 Å². The number of carbonyl (C=O) groups excluding carboxylic acids is 2. The van der Waals surface area contributed by atoms with Crippen LogP contribution in [0.4, 0.5) is 5.69 Å². The van der Waals surface area contributed by atoms with Crippen LogP contribution in [0.2, 0.25) is 5.02 Å². The van der Waals surface area contributed by atoms with E-state index in [0.717, 1.165) is 25.7 Å². The zero-order valence-electron chi connectivity index (χ0n) is 17.2. The van der Waals surface area contributed by atoms with E-state index >= 15 is 0 Å². The molecule has 30 heavy (non-hydrogen) atoms. The summed E-state index contributed by atoms with van der Waals surface area (Å²) in [6.45, 7) is 1.66. The first-order chi connectivity index (χ1) is 14.4. The Hall–Kier alpha value is -2.05. The lowest BCUT2D eigenvalue weighted by molar-refractivity contribution is -0.122. The minimum Gasteiger partial charge on any atom is -0.480 e. The number of amides is 2. The van der Waals surface area contributed by atoms with Crippen LogP contribution in [0, 0.1) is 0 Å². The Kier molecular flexibility index (Phi) is 7.78. The summed E-state index contributed by atoms with van der Waals surface area (Å²) in [5.74, 6) is 0.104. The molecule has 0 radical (unpaired) electrons. The van der Waals surface area contributed by atoms with E-state index in [4.69, 9.17) is 16.3 Å². The van der Waals surface area contributed by atoms with Crippen LogP contribution >= 0.6 is 27.5 Å². The number of nitrogens with one attached hydrogen (secondary N) is 1. The Morgan fingerprint density at radius 2 is 1.87 bits per heavy atom. The van der Waals surface area contributed by atoms with Gasteiger partial charge in [-0.25, -0.2) is 0 Å². The van der Waals surface area contributed by atoms with E-state index in [1.807, 2.05) is 18.0 Å². The average Bonchev–Trinajstić information content (AvgIpc) is 2.75. The Bertz CT molecular complexity index is 915. The summed E-state index contributed by atoms with van der Waals surface area (Å²) < 4.78 is 6.43. The molecule has 1 N–H and O–H groups in total. The van der Waals surface area contributed by atoms with Gasteiger partial charge in [-0.15, -0.1) is 0 Å². The molecule has 3 rings (SSSR count). The van der Waals surface area contributed by atoms with Gasteiger partial charge in [-0.1, -0.05) is 43.0 Å². The number of carbonyl (C=O) groups is 2. The third kappa shape index (κ3) is 5.55. The molecule has 7 heteroatoms. The van der Waals surface area contributed by atoms with Crippen molar-refractivity contribution in [1.29, 1.82) is 0 Å². The van der Waals surface area contributed by atoms with E-state index in [1.54, 1.807) is 43.3 Å². The molecular weight excluding hydrogens is 468 g/mol. The maximum atomic E-state index is 13.1. The Labute approximate surface area is 190 Å². The lowest BCUT2D eigenvalue weighted by Gasteiger charge is -2.31. The molecule has 2 aromatic carbocycles. The first-order valence-corrected chi connectivity index (χ1v) is 11.3. The summed E-state index contributed by atoms with van der Waals surface area (Å²) in [4.78, 5) is 27.7. The second-order valence-electron chi connectivity index (χ2n) is 7.58. The van der Waals surface area contributed by atoms with Crippen LogP contribution in [-0.4, -0.2) is 35.9 Å². The minimum atomic E-state index is -0.762. The highest BCUT2D eigenvalue weighted by atomic mass is 79.9. The molecule has 160 valence electrons. The van der Waals surface area contributed by atoms with Gasteiger partial charge in [-0.3, -0.25) is 9.59 Å². The van der Waals surface area contributed by atoms with Crippen molar-refractivity contribution in [1.82, 2.24) is 4.90 Å². The fraction of sp³-hybridized carbons (Fsp3) is 0.391. The number of benzene rings is 2. The summed E-state index contributed by atoms with van der Waals surface area (Å²) in [7, 11) is 1.85. The van der Waals surface area contributed by atoms with Crippen LogP contribution in [0.1, 0.15) is 49.4 Å². The number of ether oxygens (including phenoxy) is 1. The molecule has 5 nitrogen and oxygen atoms in total. The summed E-state index contributed by atoms with van der Waals surface area (Å²) in [5, 5.41) is 3.42. The number of para-hydroxylation sites is 1. The van der Waals surface area contributed by atoms with Crippen LogP contribution in [0.3, 0.4) is 0 Å². The topological polar surface area (TPSA) is 58.6 Å². The van der Waals surface area contributed by atoms with E-state index in [1.165, 1.54) is 6.42 Å². The highest BCUT2D eigenvalue weighted by Crippen LogP contribution is 2.29. The van der Waals surface area contributed by atoms with Crippen LogP contribution in [0.15, 0.2) is 46.9 Å². The number of anilines is 1. The number of nitrogens with zero attached hydrogens (tertiary/aromatic N) is 1. The van der Waals surface area contributed by atoms with E-state index in [-0.39, 0.29) is 17.9 Å². The summed E-state index contributed by atoms with van der Waals surface area (Å²) in [6, 6.07) is 12.4. The van der Waals surface area contributed by atoms with Crippen LogP contribution in [0.5, 0.6) is 5.75 Å². The first kappa shape index (κ1) is 22.6. The van der Waals surface area contributed by atoms with Crippen molar-refractivity contribution in [3.05, 3.63) is 57.5 Å². The molecule has 0 aliphatic heterocycles. The molecule has 1 saturated carbocycles. The molecule has 2 aromatic rings. The van der Waals surface area contributed by atoms with Crippen LogP contribution in [-0.2, 0) is 4.79 Å². The van der Waals surface area contributed by atoms with E-state index in [2.05, 4.69) is 21.2 Å². The molecule has 0 spiro atoms. The summed E-state index contributed by atoms with van der Waals surface area (Å²) in [5.41, 5.74) is 0.972. The van der Waals surface area contributed by atoms with Crippen molar-refractivity contribution in [2.24, 2.45) is 0 Å². The Morgan fingerprint density at radius 3 is 2.57 bits per heavy atom. The van der Waals surface area contributed by atoms with E-state index in [0.29, 0.717) is 26.5 Å². The van der Waals surface area contributed by atoms with Crippen molar-refractivity contribution in [2.45, 2.75) is 51.2 Å². The van der Waals surface area contributed by atoms with Gasteiger partial charge in [0.1, 0.15) is 5.75 Å². The van der Waals surface area contributed by atoms with Gasteiger partial charge >= 0.3 is 0 Å². The largest absolute Gasteiger partial charge is 0.480 e. The minimum absolute atomic E-state index is 0.0770. The Balaban J connectivity index is 1.70. The molecule has 1 unspecified atom stereocenters. The van der Waals surface area contributed by atoms with Gasteiger partial charge in [0.05, 0.1) is 15.7 Å². The maximum absolute atomic E-state index is 13.1. The standard InChI is InChI=1S/C23H26BrClN2O3/c1-15(30-21-13-12-16(25)14-19(21)24)22(28)26-20-11-7-6-10-18(20)23(29)27(2)17-8-4-3-5-9-17/h6-7,10-15,17H,3-5,8-9H2,1-2H3,(H,26,28). The molecule has 1 aliphatic rings. The SMILES string of the molecule is CC(Oc1ccc(Cl)cc1Br)C(=O)Nc1ccccc1C(=O)N(C)C1CCCCC1. The normalized spacial score (nSPS) is 15.3. The van der Waals surface area contributed by atoms with Crippen LogP contribution < -0.4 is 10.1 Å². The number of halogens is 2. The van der Waals surface area contributed by atoms with Gasteiger partial charge in [0, 0.05) is 18.1 Å². The molecule has 1 fully saturated rings. The van der Waals surface area contributed by atoms with Crippen LogP contribution in [0.25, 0.3) is 0 Å². The Morgan fingerprint density at radius 1 is 1.17 bits per heavy atom. The predicted octanol–water partition coefficient (Wildman–Crippen LogP) is 5.91. The molecule has 1 atom stereocenters.